The summed E-state index contributed by atoms with van der Waals surface area (Å²) < 4.78 is 6.60. The number of fused-ring (bicyclic) bond motifs is 1. The number of aliphatic hydroxyl groups is 1. The van der Waals surface area contributed by atoms with Crippen molar-refractivity contribution in [3.8, 4) is 5.75 Å². The zero-order valence-corrected chi connectivity index (χ0v) is 12.7. The van der Waals surface area contributed by atoms with E-state index in [0.29, 0.717) is 37.2 Å². The van der Waals surface area contributed by atoms with Gasteiger partial charge in [-0.1, -0.05) is 34.8 Å². The minimum Gasteiger partial charge on any atom is -0.493 e. The van der Waals surface area contributed by atoms with Crippen LogP contribution in [-0.4, -0.2) is 11.7 Å². The summed E-state index contributed by atoms with van der Waals surface area (Å²) in [6, 6.07) is 5.24. The predicted molar refractivity (Wildman–Crippen MR) is 79.1 cm³/mol. The molecule has 19 heavy (non-hydrogen) atoms. The molecule has 1 N–H and O–H groups in total. The van der Waals surface area contributed by atoms with Crippen molar-refractivity contribution >= 4 is 46.1 Å². The zero-order chi connectivity index (χ0) is 13.6. The third kappa shape index (κ3) is 2.46. The second-order valence-corrected chi connectivity index (χ2v) is 6.99. The molecule has 0 saturated heterocycles. The van der Waals surface area contributed by atoms with Gasteiger partial charge in [0.25, 0.3) is 0 Å². The van der Waals surface area contributed by atoms with Crippen molar-refractivity contribution in [3.05, 3.63) is 48.6 Å². The van der Waals surface area contributed by atoms with Crippen molar-refractivity contribution in [1.29, 1.82) is 0 Å². The number of aliphatic hydroxyl groups excluding tert-OH is 1. The van der Waals surface area contributed by atoms with E-state index in [0.717, 1.165) is 12.0 Å². The van der Waals surface area contributed by atoms with Crippen LogP contribution in [0.25, 0.3) is 0 Å². The van der Waals surface area contributed by atoms with Gasteiger partial charge in [0, 0.05) is 22.6 Å². The van der Waals surface area contributed by atoms with E-state index in [-0.39, 0.29) is 0 Å². The van der Waals surface area contributed by atoms with E-state index in [1.807, 2.05) is 6.07 Å². The Hall–Kier alpha value is -0.450. The van der Waals surface area contributed by atoms with Crippen molar-refractivity contribution in [2.24, 2.45) is 0 Å². The topological polar surface area (TPSA) is 29.5 Å². The van der Waals surface area contributed by atoms with Crippen LogP contribution in [0.3, 0.4) is 0 Å². The summed E-state index contributed by atoms with van der Waals surface area (Å²) in [4.78, 5) is 0. The normalized spacial score (nSPS) is 15.2. The van der Waals surface area contributed by atoms with Crippen LogP contribution in [0.1, 0.15) is 22.8 Å². The molecule has 3 rings (SSSR count). The predicted octanol–water partition coefficient (Wildman–Crippen LogP) is 4.72. The van der Waals surface area contributed by atoms with Crippen LogP contribution in [0.4, 0.5) is 0 Å². The van der Waals surface area contributed by atoms with Gasteiger partial charge in [-0.3, -0.25) is 0 Å². The van der Waals surface area contributed by atoms with Crippen molar-refractivity contribution in [3.63, 3.8) is 0 Å². The van der Waals surface area contributed by atoms with Gasteiger partial charge in [0.1, 0.15) is 16.2 Å². The summed E-state index contributed by atoms with van der Waals surface area (Å²) in [5.74, 6) is 0.704. The first-order chi connectivity index (χ1) is 9.06. The summed E-state index contributed by atoms with van der Waals surface area (Å²) in [7, 11) is 0. The molecule has 0 bridgehead atoms. The van der Waals surface area contributed by atoms with Crippen molar-refractivity contribution in [2.45, 2.75) is 12.5 Å². The third-order valence-electron chi connectivity index (χ3n) is 3.05. The summed E-state index contributed by atoms with van der Waals surface area (Å²) >= 11 is 19.3. The van der Waals surface area contributed by atoms with Gasteiger partial charge in [-0.25, -0.2) is 0 Å². The number of thiophene rings is 1. The highest BCUT2D eigenvalue weighted by Crippen LogP contribution is 2.43. The quantitative estimate of drug-likeness (QED) is 0.860. The summed E-state index contributed by atoms with van der Waals surface area (Å²) in [6.07, 6.45) is -0.0879. The van der Waals surface area contributed by atoms with E-state index in [2.05, 4.69) is 0 Å². The van der Waals surface area contributed by atoms with Crippen LogP contribution in [-0.2, 0) is 6.42 Å². The number of hydrogen-bond acceptors (Lipinski definition) is 3. The first kappa shape index (κ1) is 13.5. The standard InChI is InChI=1S/C13H9Cl3O2S/c14-7-3-6-1-2-18-12(6)8(4-7)11(17)9-5-10(15)19-13(9)16/h3-5,11,17H,1-2H2. The van der Waals surface area contributed by atoms with Crippen LogP contribution >= 0.6 is 46.1 Å². The molecule has 2 nitrogen and oxygen atoms in total. The van der Waals surface area contributed by atoms with Crippen LogP contribution in [0, 0.1) is 0 Å². The Labute approximate surface area is 129 Å². The number of halogens is 3. The van der Waals surface area contributed by atoms with Gasteiger partial charge in [-0.05, 0) is 23.8 Å². The summed E-state index contributed by atoms with van der Waals surface area (Å²) in [5, 5.41) is 11.1. The van der Waals surface area contributed by atoms with E-state index >= 15 is 0 Å². The molecule has 0 spiro atoms. The number of benzene rings is 1. The van der Waals surface area contributed by atoms with Crippen LogP contribution in [0.5, 0.6) is 5.75 Å². The molecule has 0 fully saturated rings. The van der Waals surface area contributed by atoms with Crippen molar-refractivity contribution in [2.75, 3.05) is 6.61 Å². The lowest BCUT2D eigenvalue weighted by Crippen LogP contribution is -2.01. The van der Waals surface area contributed by atoms with Gasteiger partial charge in [0.2, 0.25) is 0 Å². The first-order valence-corrected chi connectivity index (χ1v) is 7.59. The van der Waals surface area contributed by atoms with Gasteiger partial charge in [-0.2, -0.15) is 0 Å². The fraction of sp³-hybridized carbons (Fsp3) is 0.231. The van der Waals surface area contributed by atoms with E-state index in [9.17, 15) is 5.11 Å². The highest BCUT2D eigenvalue weighted by molar-refractivity contribution is 7.20. The average molecular weight is 336 g/mol. The molecule has 1 aliphatic rings. The Kier molecular flexibility index (Phi) is 3.67. The Morgan fingerprint density at radius 3 is 2.63 bits per heavy atom. The average Bonchev–Trinajstić information content (AvgIpc) is 2.93. The fourth-order valence-electron chi connectivity index (χ4n) is 2.21. The van der Waals surface area contributed by atoms with E-state index < -0.39 is 6.10 Å². The van der Waals surface area contributed by atoms with Gasteiger partial charge >= 0.3 is 0 Å². The second-order valence-electron chi connectivity index (χ2n) is 4.26. The Balaban J connectivity index is 2.09. The molecular formula is C13H9Cl3O2S. The Morgan fingerprint density at radius 2 is 1.95 bits per heavy atom. The molecular weight excluding hydrogens is 327 g/mol. The van der Waals surface area contributed by atoms with E-state index in [4.69, 9.17) is 39.5 Å². The number of hydrogen-bond donors (Lipinski definition) is 1. The monoisotopic (exact) mass is 334 g/mol. The summed E-state index contributed by atoms with van der Waals surface area (Å²) in [5.41, 5.74) is 2.23. The highest BCUT2D eigenvalue weighted by Gasteiger charge is 2.25. The smallest absolute Gasteiger partial charge is 0.128 e. The molecule has 0 saturated carbocycles. The highest BCUT2D eigenvalue weighted by atomic mass is 35.5. The minimum absolute atomic E-state index is 0.476. The lowest BCUT2D eigenvalue weighted by Gasteiger charge is -2.14. The Morgan fingerprint density at radius 1 is 1.16 bits per heavy atom. The molecule has 1 aliphatic heterocycles. The third-order valence-corrected chi connectivity index (χ3v) is 4.79. The largest absolute Gasteiger partial charge is 0.493 e. The molecule has 1 aromatic carbocycles. The number of ether oxygens (including phenoxy) is 1. The second kappa shape index (κ2) is 5.15. The molecule has 0 radical (unpaired) electrons. The molecule has 2 aromatic rings. The van der Waals surface area contributed by atoms with Gasteiger partial charge in [0.15, 0.2) is 0 Å². The maximum atomic E-state index is 10.5. The van der Waals surface area contributed by atoms with E-state index in [1.54, 1.807) is 12.1 Å². The SMILES string of the molecule is OC(c1cc(Cl)sc1Cl)c1cc(Cl)cc2c1OCC2. The molecule has 0 aliphatic carbocycles. The molecule has 100 valence electrons. The first-order valence-electron chi connectivity index (χ1n) is 5.64. The molecule has 1 unspecified atom stereocenters. The minimum atomic E-state index is -0.887. The van der Waals surface area contributed by atoms with Gasteiger partial charge < -0.3 is 9.84 Å². The zero-order valence-electron chi connectivity index (χ0n) is 9.62. The molecule has 2 heterocycles. The maximum Gasteiger partial charge on any atom is 0.128 e. The molecule has 1 atom stereocenters. The van der Waals surface area contributed by atoms with Gasteiger partial charge in [0.05, 0.1) is 10.9 Å². The van der Waals surface area contributed by atoms with Crippen LogP contribution in [0.15, 0.2) is 18.2 Å². The Bertz CT molecular complexity index is 639. The number of rotatable bonds is 2. The lowest BCUT2D eigenvalue weighted by molar-refractivity contribution is 0.214. The van der Waals surface area contributed by atoms with Gasteiger partial charge in [-0.15, -0.1) is 11.3 Å². The lowest BCUT2D eigenvalue weighted by atomic mass is 10.00. The fourth-order valence-corrected chi connectivity index (χ4v) is 3.98. The molecule has 6 heteroatoms. The van der Waals surface area contributed by atoms with Crippen molar-refractivity contribution in [1.82, 2.24) is 0 Å². The van der Waals surface area contributed by atoms with Crippen molar-refractivity contribution < 1.29 is 9.84 Å². The van der Waals surface area contributed by atoms with Crippen LogP contribution in [0.2, 0.25) is 13.7 Å². The summed E-state index contributed by atoms with van der Waals surface area (Å²) in [6.45, 7) is 0.605. The maximum absolute atomic E-state index is 10.5. The van der Waals surface area contributed by atoms with E-state index in [1.165, 1.54) is 11.3 Å². The van der Waals surface area contributed by atoms with Crippen LogP contribution < -0.4 is 4.74 Å². The molecule has 0 amide bonds. The molecule has 1 aromatic heterocycles.